The molecule has 0 aliphatic carbocycles. The fourth-order valence-electron chi connectivity index (χ4n) is 4.53. The molecule has 1 fully saturated rings. The maximum atomic E-state index is 13.6. The number of hydrogen-bond donors (Lipinski definition) is 2. The predicted octanol–water partition coefficient (Wildman–Crippen LogP) is 3.63. The Bertz CT molecular complexity index is 1040. The van der Waals surface area contributed by atoms with E-state index < -0.39 is 29.2 Å². The topological polar surface area (TPSA) is 61.8 Å². The van der Waals surface area contributed by atoms with Crippen LogP contribution in [0.15, 0.2) is 42.0 Å². The molecule has 2 aromatic carbocycles. The van der Waals surface area contributed by atoms with E-state index in [0.717, 1.165) is 35.4 Å². The van der Waals surface area contributed by atoms with Gasteiger partial charge in [0, 0.05) is 19.1 Å². The zero-order chi connectivity index (χ0) is 22.8. The Morgan fingerprint density at radius 3 is 2.56 bits per heavy atom. The molecule has 0 spiro atoms. The van der Waals surface area contributed by atoms with E-state index in [1.807, 2.05) is 31.3 Å². The maximum absolute atomic E-state index is 13.6. The fourth-order valence-corrected chi connectivity index (χ4v) is 4.53. The number of carboxylic acids is 1. The molecule has 2 bridgehead atoms. The summed E-state index contributed by atoms with van der Waals surface area (Å²) in [5, 5.41) is 13.2. The summed E-state index contributed by atoms with van der Waals surface area (Å²) in [4.78, 5) is 14.1. The molecule has 0 amide bonds. The number of carboxylic acid groups (broad SMARTS) is 1. The summed E-state index contributed by atoms with van der Waals surface area (Å²) < 4.78 is 45.6. The second-order valence-corrected chi connectivity index (χ2v) is 8.36. The van der Waals surface area contributed by atoms with Crippen molar-refractivity contribution in [2.45, 2.75) is 31.3 Å². The molecular formula is C24H25F3N2O3. The summed E-state index contributed by atoms with van der Waals surface area (Å²) >= 11 is 0. The first kappa shape index (κ1) is 22.4. The number of aliphatic carboxylic acids is 1. The molecule has 2 atom stereocenters. The van der Waals surface area contributed by atoms with Crippen LogP contribution in [0.1, 0.15) is 24.0 Å². The lowest BCUT2D eigenvalue weighted by atomic mass is 9.83. The highest BCUT2D eigenvalue weighted by atomic mass is 19.2. The molecule has 0 radical (unpaired) electrons. The molecule has 5 nitrogen and oxygen atoms in total. The molecule has 2 aliphatic heterocycles. The summed E-state index contributed by atoms with van der Waals surface area (Å²) in [7, 11) is 2.00. The average molecular weight is 446 g/mol. The number of piperazine rings is 1. The van der Waals surface area contributed by atoms with Crippen LogP contribution in [0.25, 0.3) is 5.57 Å². The zero-order valence-electron chi connectivity index (χ0n) is 17.7. The Morgan fingerprint density at radius 2 is 1.84 bits per heavy atom. The van der Waals surface area contributed by atoms with Crippen molar-refractivity contribution >= 4 is 11.5 Å². The minimum atomic E-state index is -1.32. The Morgan fingerprint density at radius 1 is 1.12 bits per heavy atom. The maximum Gasteiger partial charge on any atom is 0.333 e. The molecule has 0 saturated carbocycles. The molecule has 2 aromatic rings. The number of carbonyl (C=O) groups is 1. The van der Waals surface area contributed by atoms with E-state index >= 15 is 0 Å². The second kappa shape index (κ2) is 9.34. The van der Waals surface area contributed by atoms with Gasteiger partial charge in [-0.1, -0.05) is 24.3 Å². The van der Waals surface area contributed by atoms with E-state index in [2.05, 4.69) is 10.2 Å². The van der Waals surface area contributed by atoms with Crippen molar-refractivity contribution in [1.82, 2.24) is 10.2 Å². The Hall–Kier alpha value is -2.84. The van der Waals surface area contributed by atoms with Crippen molar-refractivity contribution in [3.63, 3.8) is 0 Å². The molecule has 0 aromatic heterocycles. The minimum Gasteiger partial charge on any atom is -0.488 e. The van der Waals surface area contributed by atoms with Crippen LogP contribution in [0, 0.1) is 17.5 Å². The summed E-state index contributed by atoms with van der Waals surface area (Å²) in [6.45, 7) is 1.57. The third-order valence-corrected chi connectivity index (χ3v) is 5.98. The Labute approximate surface area is 184 Å². The van der Waals surface area contributed by atoms with E-state index in [1.54, 1.807) is 0 Å². The predicted molar refractivity (Wildman–Crippen MR) is 114 cm³/mol. The van der Waals surface area contributed by atoms with Gasteiger partial charge in [-0.25, -0.2) is 13.6 Å². The van der Waals surface area contributed by atoms with Crippen LogP contribution in [0.2, 0.25) is 0 Å². The molecule has 4 rings (SSSR count). The summed E-state index contributed by atoms with van der Waals surface area (Å²) in [6, 6.07) is 9.27. The first-order valence-corrected chi connectivity index (χ1v) is 10.6. The molecule has 8 heteroatoms. The van der Waals surface area contributed by atoms with E-state index in [0.29, 0.717) is 31.4 Å². The molecule has 170 valence electrons. The van der Waals surface area contributed by atoms with Crippen molar-refractivity contribution in [3.05, 3.63) is 70.5 Å². The van der Waals surface area contributed by atoms with Gasteiger partial charge in [0.15, 0.2) is 17.4 Å². The standard InChI is InChI=1S/C24H25F3N2O3/c1-29-12-16-11-17(21(24(30)31)20(13-29)28-16)15-6-4-14(5-7-15)3-2-10-32-23-19(26)9-8-18(25)22(23)27/h4-9,16,20,28H,2-3,10-13H2,1H3,(H,30,31)/t16?,20-/m1/s1. The van der Waals surface area contributed by atoms with Crippen LogP contribution in [0.5, 0.6) is 5.75 Å². The number of likely N-dealkylation sites (N-methyl/N-ethyl adjacent to an activating group) is 1. The summed E-state index contributed by atoms with van der Waals surface area (Å²) in [6.07, 6.45) is 1.74. The second-order valence-electron chi connectivity index (χ2n) is 8.36. The molecule has 32 heavy (non-hydrogen) atoms. The number of fused-ring (bicyclic) bond motifs is 2. The minimum absolute atomic E-state index is 0.0376. The smallest absolute Gasteiger partial charge is 0.333 e. The van der Waals surface area contributed by atoms with Gasteiger partial charge in [-0.2, -0.15) is 4.39 Å². The van der Waals surface area contributed by atoms with Crippen molar-refractivity contribution in [1.29, 1.82) is 0 Å². The van der Waals surface area contributed by atoms with Gasteiger partial charge in [-0.05, 0) is 55.1 Å². The number of benzene rings is 2. The van der Waals surface area contributed by atoms with Crippen molar-refractivity contribution in [2.75, 3.05) is 26.7 Å². The van der Waals surface area contributed by atoms with E-state index in [4.69, 9.17) is 4.74 Å². The number of rotatable bonds is 7. The first-order chi connectivity index (χ1) is 15.3. The van der Waals surface area contributed by atoms with Gasteiger partial charge in [0.05, 0.1) is 18.2 Å². The molecule has 1 unspecified atom stereocenters. The molecule has 2 N–H and O–H groups in total. The van der Waals surface area contributed by atoms with Crippen LogP contribution < -0.4 is 10.1 Å². The summed E-state index contributed by atoms with van der Waals surface area (Å²) in [5.41, 5.74) is 3.18. The molecule has 1 saturated heterocycles. The van der Waals surface area contributed by atoms with Gasteiger partial charge >= 0.3 is 5.97 Å². The van der Waals surface area contributed by atoms with Gasteiger partial charge < -0.3 is 20.1 Å². The number of aryl methyl sites for hydroxylation is 1. The monoisotopic (exact) mass is 446 g/mol. The highest BCUT2D eigenvalue weighted by Gasteiger charge is 2.37. The van der Waals surface area contributed by atoms with Crippen LogP contribution in [-0.4, -0.2) is 54.8 Å². The zero-order valence-corrected chi connectivity index (χ0v) is 17.7. The third kappa shape index (κ3) is 4.66. The SMILES string of the molecule is CN1CC2CC(c3ccc(CCCOc4c(F)ccc(F)c4F)cc3)=C(C(=O)O)[C@@H](C1)N2. The van der Waals surface area contributed by atoms with Gasteiger partial charge in [0.2, 0.25) is 5.82 Å². The van der Waals surface area contributed by atoms with Crippen molar-refractivity contribution in [2.24, 2.45) is 0 Å². The van der Waals surface area contributed by atoms with Crippen molar-refractivity contribution in [3.8, 4) is 5.75 Å². The van der Waals surface area contributed by atoms with Crippen LogP contribution in [0.4, 0.5) is 13.2 Å². The van der Waals surface area contributed by atoms with Crippen molar-refractivity contribution < 1.29 is 27.8 Å². The number of nitrogens with zero attached hydrogens (tertiary/aromatic N) is 1. The lowest BCUT2D eigenvalue weighted by molar-refractivity contribution is -0.133. The highest BCUT2D eigenvalue weighted by Crippen LogP contribution is 2.33. The Kier molecular flexibility index (Phi) is 6.53. The molecule has 2 heterocycles. The van der Waals surface area contributed by atoms with Gasteiger partial charge in [0.25, 0.3) is 0 Å². The van der Waals surface area contributed by atoms with Crippen LogP contribution in [0.3, 0.4) is 0 Å². The number of halogens is 3. The highest BCUT2D eigenvalue weighted by molar-refractivity contribution is 5.98. The molecular weight excluding hydrogens is 421 g/mol. The van der Waals surface area contributed by atoms with E-state index in [9.17, 15) is 23.1 Å². The largest absolute Gasteiger partial charge is 0.488 e. The van der Waals surface area contributed by atoms with Crippen LogP contribution >= 0.6 is 0 Å². The number of nitrogens with one attached hydrogen (secondary N) is 1. The van der Waals surface area contributed by atoms with E-state index in [1.165, 1.54) is 0 Å². The fraction of sp³-hybridized carbons (Fsp3) is 0.375. The average Bonchev–Trinajstić information content (AvgIpc) is 2.75. The third-order valence-electron chi connectivity index (χ3n) is 5.98. The first-order valence-electron chi connectivity index (χ1n) is 10.6. The lowest BCUT2D eigenvalue weighted by Crippen LogP contribution is -2.59. The normalized spacial score (nSPS) is 21.0. The Balaban J connectivity index is 1.41. The molecule has 2 aliphatic rings. The van der Waals surface area contributed by atoms with Gasteiger partial charge in [-0.15, -0.1) is 0 Å². The van der Waals surface area contributed by atoms with Gasteiger partial charge in [0.1, 0.15) is 0 Å². The van der Waals surface area contributed by atoms with Gasteiger partial charge in [-0.3, -0.25) is 0 Å². The lowest BCUT2D eigenvalue weighted by Gasteiger charge is -2.42. The quantitative estimate of drug-likeness (QED) is 0.503. The summed E-state index contributed by atoms with van der Waals surface area (Å²) in [5.74, 6) is -5.01. The van der Waals surface area contributed by atoms with E-state index in [-0.39, 0.29) is 18.7 Å². The number of hydrogen-bond acceptors (Lipinski definition) is 4. The van der Waals surface area contributed by atoms with Crippen LogP contribution in [-0.2, 0) is 11.2 Å². The number of ether oxygens (including phenoxy) is 1.